The molecule has 1 aromatic carbocycles. The monoisotopic (exact) mass is 424 g/mol. The number of carbonyl (C=O) groups excluding carboxylic acids is 1. The van der Waals surface area contributed by atoms with Crippen molar-refractivity contribution in [2.45, 2.75) is 0 Å². The van der Waals surface area contributed by atoms with Crippen LogP contribution < -0.4 is 15.6 Å². The first-order chi connectivity index (χ1) is 14.1. The Morgan fingerprint density at radius 3 is 2.76 bits per heavy atom. The molecule has 0 saturated heterocycles. The Morgan fingerprint density at radius 1 is 1.14 bits per heavy atom. The molecule has 1 amide bonds. The van der Waals surface area contributed by atoms with Crippen LogP contribution >= 0.6 is 22.9 Å². The third kappa shape index (κ3) is 4.50. The fraction of sp³-hybridized carbons (Fsp3) is 0. The summed E-state index contributed by atoms with van der Waals surface area (Å²) in [5, 5.41) is 4.82. The van der Waals surface area contributed by atoms with Crippen LogP contribution in [0.5, 0.6) is 11.6 Å². The molecular weight excluding hydrogens is 412 g/mol. The van der Waals surface area contributed by atoms with Crippen molar-refractivity contribution in [3.63, 3.8) is 0 Å². The smallest absolute Gasteiger partial charge is 0.275 e. The van der Waals surface area contributed by atoms with Crippen molar-refractivity contribution in [1.29, 1.82) is 0 Å². The second-order valence-electron chi connectivity index (χ2n) is 5.84. The van der Waals surface area contributed by atoms with E-state index >= 15 is 0 Å². The SMILES string of the molecule is O=C(Nc1ccn(-c2cccc(Oc3cccc(Cl)c3)n2)c(=O)c1)c1cscn1. The zero-order chi connectivity index (χ0) is 20.2. The maximum Gasteiger partial charge on any atom is 0.275 e. The van der Waals surface area contributed by atoms with E-state index in [1.807, 2.05) is 0 Å². The second kappa shape index (κ2) is 8.26. The number of halogens is 1. The molecule has 0 atom stereocenters. The normalized spacial score (nSPS) is 10.5. The Bertz CT molecular complexity index is 1220. The van der Waals surface area contributed by atoms with E-state index in [4.69, 9.17) is 16.3 Å². The molecule has 0 radical (unpaired) electrons. The van der Waals surface area contributed by atoms with Gasteiger partial charge in [0.2, 0.25) is 5.88 Å². The molecule has 7 nitrogen and oxygen atoms in total. The van der Waals surface area contributed by atoms with Gasteiger partial charge in [0.1, 0.15) is 17.3 Å². The lowest BCUT2D eigenvalue weighted by molar-refractivity contribution is 0.102. The van der Waals surface area contributed by atoms with Crippen molar-refractivity contribution in [2.75, 3.05) is 5.32 Å². The molecule has 1 N–H and O–H groups in total. The van der Waals surface area contributed by atoms with Crippen molar-refractivity contribution in [2.24, 2.45) is 0 Å². The van der Waals surface area contributed by atoms with E-state index in [-0.39, 0.29) is 11.5 Å². The van der Waals surface area contributed by atoms with Gasteiger partial charge in [0.25, 0.3) is 11.5 Å². The summed E-state index contributed by atoms with van der Waals surface area (Å²) in [6, 6.07) is 14.9. The molecule has 0 fully saturated rings. The highest BCUT2D eigenvalue weighted by atomic mass is 35.5. The highest BCUT2D eigenvalue weighted by Gasteiger charge is 2.10. The Balaban J connectivity index is 1.55. The maximum absolute atomic E-state index is 12.5. The van der Waals surface area contributed by atoms with Crippen molar-refractivity contribution in [3.05, 3.63) is 92.8 Å². The van der Waals surface area contributed by atoms with Gasteiger partial charge in [-0.05, 0) is 30.3 Å². The van der Waals surface area contributed by atoms with E-state index in [9.17, 15) is 9.59 Å². The predicted molar refractivity (Wildman–Crippen MR) is 111 cm³/mol. The number of pyridine rings is 2. The zero-order valence-electron chi connectivity index (χ0n) is 14.8. The Morgan fingerprint density at radius 2 is 2.00 bits per heavy atom. The van der Waals surface area contributed by atoms with Crippen LogP contribution in [0.15, 0.2) is 76.5 Å². The molecule has 0 bridgehead atoms. The van der Waals surface area contributed by atoms with Crippen LogP contribution in [-0.2, 0) is 0 Å². The van der Waals surface area contributed by atoms with Crippen molar-refractivity contribution >= 4 is 34.5 Å². The minimum Gasteiger partial charge on any atom is -0.439 e. The van der Waals surface area contributed by atoms with E-state index in [1.165, 1.54) is 28.2 Å². The van der Waals surface area contributed by atoms with Gasteiger partial charge in [-0.2, -0.15) is 4.98 Å². The first-order valence-corrected chi connectivity index (χ1v) is 9.74. The number of amides is 1. The molecule has 0 aliphatic rings. The maximum atomic E-state index is 12.5. The van der Waals surface area contributed by atoms with Crippen molar-refractivity contribution in [1.82, 2.24) is 14.5 Å². The number of thiazole rings is 1. The summed E-state index contributed by atoms with van der Waals surface area (Å²) < 4.78 is 7.06. The number of hydrogen-bond donors (Lipinski definition) is 1. The van der Waals surface area contributed by atoms with E-state index < -0.39 is 0 Å². The Labute approximate surface area is 174 Å². The van der Waals surface area contributed by atoms with E-state index in [0.29, 0.717) is 33.9 Å². The quantitative estimate of drug-likeness (QED) is 0.513. The molecule has 0 aliphatic carbocycles. The number of benzene rings is 1. The van der Waals surface area contributed by atoms with E-state index in [0.717, 1.165) is 0 Å². The van der Waals surface area contributed by atoms with Gasteiger partial charge in [-0.15, -0.1) is 11.3 Å². The van der Waals surface area contributed by atoms with Gasteiger partial charge in [-0.3, -0.25) is 14.2 Å². The van der Waals surface area contributed by atoms with E-state index in [2.05, 4.69) is 15.3 Å². The molecule has 3 heterocycles. The van der Waals surface area contributed by atoms with Crippen LogP contribution in [0.25, 0.3) is 5.82 Å². The molecule has 144 valence electrons. The lowest BCUT2D eigenvalue weighted by atomic mass is 10.3. The second-order valence-corrected chi connectivity index (χ2v) is 7.00. The van der Waals surface area contributed by atoms with Crippen molar-refractivity contribution < 1.29 is 9.53 Å². The molecule has 29 heavy (non-hydrogen) atoms. The molecule has 0 aliphatic heterocycles. The predicted octanol–water partition coefficient (Wildman–Crippen LogP) is 4.39. The van der Waals surface area contributed by atoms with Gasteiger partial charge in [0, 0.05) is 34.4 Å². The van der Waals surface area contributed by atoms with Crippen LogP contribution in [0.3, 0.4) is 0 Å². The molecule has 0 saturated carbocycles. The number of aromatic nitrogens is 3. The number of nitrogens with zero attached hydrogens (tertiary/aromatic N) is 3. The standard InChI is InChI=1S/C20H13ClN4O3S/c21-13-3-1-4-15(9-13)28-18-6-2-5-17(24-18)25-8-7-14(10-19(25)26)23-20(27)16-11-29-12-22-16/h1-12H,(H,23,27). The summed E-state index contributed by atoms with van der Waals surface area (Å²) in [5.41, 5.74) is 1.88. The summed E-state index contributed by atoms with van der Waals surface area (Å²) in [7, 11) is 0. The highest BCUT2D eigenvalue weighted by Crippen LogP contribution is 2.23. The molecule has 4 aromatic rings. The lowest BCUT2D eigenvalue weighted by Crippen LogP contribution is -2.20. The Kier molecular flexibility index (Phi) is 5.37. The third-order valence-electron chi connectivity index (χ3n) is 3.82. The number of ether oxygens (including phenoxy) is 1. The van der Waals surface area contributed by atoms with E-state index in [1.54, 1.807) is 59.4 Å². The Hall–Kier alpha value is -3.49. The molecule has 3 aromatic heterocycles. The number of carbonyl (C=O) groups is 1. The van der Waals surface area contributed by atoms with Crippen LogP contribution in [0, 0.1) is 0 Å². The largest absolute Gasteiger partial charge is 0.439 e. The van der Waals surface area contributed by atoms with Crippen LogP contribution in [0.2, 0.25) is 5.02 Å². The fourth-order valence-electron chi connectivity index (χ4n) is 2.51. The van der Waals surface area contributed by atoms with Gasteiger partial charge in [0.15, 0.2) is 0 Å². The fourth-order valence-corrected chi connectivity index (χ4v) is 3.22. The molecule has 0 spiro atoms. The van der Waals surface area contributed by atoms with Crippen LogP contribution in [0.4, 0.5) is 5.69 Å². The lowest BCUT2D eigenvalue weighted by Gasteiger charge is -2.09. The highest BCUT2D eigenvalue weighted by molar-refractivity contribution is 7.07. The number of nitrogens with one attached hydrogen (secondary N) is 1. The summed E-state index contributed by atoms with van der Waals surface area (Å²) >= 11 is 7.28. The summed E-state index contributed by atoms with van der Waals surface area (Å²) in [6.07, 6.45) is 1.53. The summed E-state index contributed by atoms with van der Waals surface area (Å²) in [5.74, 6) is 0.859. The topological polar surface area (TPSA) is 86.1 Å². The summed E-state index contributed by atoms with van der Waals surface area (Å²) in [4.78, 5) is 32.9. The average molecular weight is 425 g/mol. The average Bonchev–Trinajstić information content (AvgIpc) is 3.23. The molecule has 9 heteroatoms. The number of hydrogen-bond acceptors (Lipinski definition) is 6. The molecule has 0 unspecified atom stereocenters. The first kappa shape index (κ1) is 18.9. The zero-order valence-corrected chi connectivity index (χ0v) is 16.4. The third-order valence-corrected chi connectivity index (χ3v) is 4.64. The summed E-state index contributed by atoms with van der Waals surface area (Å²) in [6.45, 7) is 0. The number of anilines is 1. The first-order valence-electron chi connectivity index (χ1n) is 8.41. The van der Waals surface area contributed by atoms with Crippen molar-refractivity contribution in [3.8, 4) is 17.4 Å². The molecular formula is C20H13ClN4O3S. The van der Waals surface area contributed by atoms with Gasteiger partial charge >= 0.3 is 0 Å². The minimum absolute atomic E-state index is 0.298. The minimum atomic E-state index is -0.376. The van der Waals surface area contributed by atoms with Gasteiger partial charge in [-0.1, -0.05) is 23.7 Å². The molecule has 4 rings (SSSR count). The van der Waals surface area contributed by atoms with Crippen LogP contribution in [-0.4, -0.2) is 20.4 Å². The number of rotatable bonds is 5. The van der Waals surface area contributed by atoms with Gasteiger partial charge < -0.3 is 10.1 Å². The van der Waals surface area contributed by atoms with Gasteiger partial charge in [0.05, 0.1) is 5.51 Å². The van der Waals surface area contributed by atoms with Crippen LogP contribution in [0.1, 0.15) is 10.5 Å². The van der Waals surface area contributed by atoms with Gasteiger partial charge in [-0.25, -0.2) is 4.98 Å².